The molecule has 1 aliphatic rings. The third-order valence-electron chi connectivity index (χ3n) is 2.95. The van der Waals surface area contributed by atoms with Gasteiger partial charge in [0.15, 0.2) is 0 Å². The number of carbonyl (C=O) groups excluding carboxylic acids is 1. The predicted octanol–water partition coefficient (Wildman–Crippen LogP) is 0.247. The molecule has 1 amide bonds. The summed E-state index contributed by atoms with van der Waals surface area (Å²) < 4.78 is 0. The smallest absolute Gasteiger partial charge is 0.267 e. The van der Waals surface area contributed by atoms with Gasteiger partial charge in [-0.05, 0) is 31.9 Å². The first-order valence-corrected chi connectivity index (χ1v) is 5.96. The van der Waals surface area contributed by atoms with Crippen molar-refractivity contribution in [3.05, 3.63) is 34.2 Å². The lowest BCUT2D eigenvalue weighted by Crippen LogP contribution is -2.31. The molecule has 0 saturated carbocycles. The highest BCUT2D eigenvalue weighted by atomic mass is 16.2. The molecule has 0 aliphatic carbocycles. The highest BCUT2D eigenvalue weighted by Gasteiger charge is 2.14. The largest absolute Gasteiger partial charge is 0.351 e. The monoisotopic (exact) mass is 235 g/mol. The van der Waals surface area contributed by atoms with E-state index in [9.17, 15) is 9.59 Å². The molecule has 0 aromatic carbocycles. The fourth-order valence-corrected chi connectivity index (χ4v) is 2.04. The Kier molecular flexibility index (Phi) is 3.93. The zero-order valence-electron chi connectivity index (χ0n) is 9.66. The molecule has 1 unspecified atom stereocenters. The summed E-state index contributed by atoms with van der Waals surface area (Å²) in [6, 6.07) is 5.08. The van der Waals surface area contributed by atoms with Gasteiger partial charge in [-0.2, -0.15) is 0 Å². The summed E-state index contributed by atoms with van der Waals surface area (Å²) in [5.74, 6) is -0.222. The summed E-state index contributed by atoms with van der Waals surface area (Å²) in [4.78, 5) is 25.2. The highest BCUT2D eigenvalue weighted by molar-refractivity contribution is 5.92. The van der Waals surface area contributed by atoms with Gasteiger partial charge >= 0.3 is 0 Å². The number of aromatic nitrogens is 1. The second-order valence-electron chi connectivity index (χ2n) is 4.27. The molecule has 5 heteroatoms. The molecule has 0 radical (unpaired) electrons. The number of rotatable bonds is 4. The van der Waals surface area contributed by atoms with Gasteiger partial charge < -0.3 is 15.6 Å². The van der Waals surface area contributed by atoms with Crippen molar-refractivity contribution in [3.63, 3.8) is 0 Å². The van der Waals surface area contributed by atoms with E-state index < -0.39 is 0 Å². The van der Waals surface area contributed by atoms with Gasteiger partial charge in [0, 0.05) is 18.7 Å². The van der Waals surface area contributed by atoms with Gasteiger partial charge in [-0.25, -0.2) is 0 Å². The van der Waals surface area contributed by atoms with Crippen LogP contribution < -0.4 is 16.2 Å². The molecule has 1 atom stereocenters. The highest BCUT2D eigenvalue weighted by Crippen LogP contribution is 2.07. The first-order valence-electron chi connectivity index (χ1n) is 5.96. The van der Waals surface area contributed by atoms with Crippen LogP contribution in [0.5, 0.6) is 0 Å². The SMILES string of the molecule is O=C(NCCC1CCCN1)c1cccc(=O)[nH]1. The average Bonchev–Trinajstić information content (AvgIpc) is 2.82. The molecular formula is C12H17N3O2. The van der Waals surface area contributed by atoms with Gasteiger partial charge in [-0.3, -0.25) is 9.59 Å². The van der Waals surface area contributed by atoms with Crippen molar-refractivity contribution in [2.24, 2.45) is 0 Å². The predicted molar refractivity (Wildman–Crippen MR) is 65.0 cm³/mol. The second kappa shape index (κ2) is 5.63. The lowest BCUT2D eigenvalue weighted by Gasteiger charge is -2.10. The molecule has 17 heavy (non-hydrogen) atoms. The minimum absolute atomic E-state index is 0.222. The van der Waals surface area contributed by atoms with E-state index >= 15 is 0 Å². The summed E-state index contributed by atoms with van der Waals surface area (Å²) in [7, 11) is 0. The van der Waals surface area contributed by atoms with Gasteiger partial charge in [0.05, 0.1) is 0 Å². The normalized spacial score (nSPS) is 19.2. The second-order valence-corrected chi connectivity index (χ2v) is 4.27. The fraction of sp³-hybridized carbons (Fsp3) is 0.500. The van der Waals surface area contributed by atoms with Crippen molar-refractivity contribution in [2.45, 2.75) is 25.3 Å². The number of nitrogens with one attached hydrogen (secondary N) is 3. The molecule has 3 N–H and O–H groups in total. The first kappa shape index (κ1) is 11.9. The van der Waals surface area contributed by atoms with Gasteiger partial charge in [0.1, 0.15) is 5.69 Å². The maximum Gasteiger partial charge on any atom is 0.267 e. The van der Waals surface area contributed by atoms with Crippen molar-refractivity contribution >= 4 is 5.91 Å². The minimum Gasteiger partial charge on any atom is -0.351 e. The Morgan fingerprint density at radius 2 is 2.35 bits per heavy atom. The standard InChI is InChI=1S/C12H17N3O2/c16-11-5-1-4-10(15-11)12(17)14-8-6-9-3-2-7-13-9/h1,4-5,9,13H,2-3,6-8H2,(H,14,17)(H,15,16). The van der Waals surface area contributed by atoms with Crippen LogP contribution in [0.15, 0.2) is 23.0 Å². The van der Waals surface area contributed by atoms with Crippen LogP contribution >= 0.6 is 0 Å². The number of carbonyl (C=O) groups is 1. The van der Waals surface area contributed by atoms with Crippen LogP contribution in [-0.4, -0.2) is 30.0 Å². The number of hydrogen-bond acceptors (Lipinski definition) is 3. The van der Waals surface area contributed by atoms with E-state index in [4.69, 9.17) is 0 Å². The zero-order valence-corrected chi connectivity index (χ0v) is 9.66. The molecule has 1 aromatic rings. The molecule has 1 fully saturated rings. The molecule has 2 heterocycles. The van der Waals surface area contributed by atoms with Gasteiger partial charge in [-0.1, -0.05) is 6.07 Å². The Morgan fingerprint density at radius 3 is 3.06 bits per heavy atom. The molecule has 5 nitrogen and oxygen atoms in total. The van der Waals surface area contributed by atoms with E-state index in [2.05, 4.69) is 15.6 Å². The summed E-state index contributed by atoms with van der Waals surface area (Å²) in [6.07, 6.45) is 3.32. The van der Waals surface area contributed by atoms with Crippen molar-refractivity contribution < 1.29 is 4.79 Å². The van der Waals surface area contributed by atoms with E-state index in [0.29, 0.717) is 18.3 Å². The Morgan fingerprint density at radius 1 is 1.47 bits per heavy atom. The molecule has 92 valence electrons. The van der Waals surface area contributed by atoms with E-state index in [1.807, 2.05) is 0 Å². The molecular weight excluding hydrogens is 218 g/mol. The maximum atomic E-state index is 11.7. The Bertz CT molecular complexity index is 435. The third kappa shape index (κ3) is 3.42. The van der Waals surface area contributed by atoms with Crippen LogP contribution in [-0.2, 0) is 0 Å². The van der Waals surface area contributed by atoms with Crippen molar-refractivity contribution in [3.8, 4) is 0 Å². The van der Waals surface area contributed by atoms with E-state index in [-0.39, 0.29) is 11.5 Å². The van der Waals surface area contributed by atoms with E-state index in [1.54, 1.807) is 12.1 Å². The number of H-pyrrole nitrogens is 1. The molecule has 1 saturated heterocycles. The Hall–Kier alpha value is -1.62. The summed E-state index contributed by atoms with van der Waals surface area (Å²) in [6.45, 7) is 1.71. The van der Waals surface area contributed by atoms with Crippen LogP contribution in [0.25, 0.3) is 0 Å². The van der Waals surface area contributed by atoms with Crippen molar-refractivity contribution in [1.29, 1.82) is 0 Å². The zero-order chi connectivity index (χ0) is 12.1. The number of pyridine rings is 1. The number of aromatic amines is 1. The number of hydrogen-bond donors (Lipinski definition) is 3. The van der Waals surface area contributed by atoms with Gasteiger partial charge in [0.2, 0.25) is 5.56 Å². The van der Waals surface area contributed by atoms with Gasteiger partial charge in [-0.15, -0.1) is 0 Å². The maximum absolute atomic E-state index is 11.7. The quantitative estimate of drug-likeness (QED) is 0.700. The Labute approximate surface area is 99.6 Å². The summed E-state index contributed by atoms with van der Waals surface area (Å²) in [5, 5.41) is 6.17. The minimum atomic E-state index is -0.255. The first-order chi connectivity index (χ1) is 8.25. The van der Waals surface area contributed by atoms with Crippen molar-refractivity contribution in [1.82, 2.24) is 15.6 Å². The van der Waals surface area contributed by atoms with Gasteiger partial charge in [0.25, 0.3) is 5.91 Å². The average molecular weight is 235 g/mol. The summed E-state index contributed by atoms with van der Waals surface area (Å²) >= 11 is 0. The molecule has 0 spiro atoms. The van der Waals surface area contributed by atoms with Crippen LogP contribution in [0.1, 0.15) is 29.8 Å². The van der Waals surface area contributed by atoms with Crippen LogP contribution in [0.2, 0.25) is 0 Å². The third-order valence-corrected chi connectivity index (χ3v) is 2.95. The van der Waals surface area contributed by atoms with Crippen LogP contribution in [0, 0.1) is 0 Å². The lowest BCUT2D eigenvalue weighted by atomic mass is 10.1. The molecule has 0 bridgehead atoms. The van der Waals surface area contributed by atoms with Crippen LogP contribution in [0.4, 0.5) is 0 Å². The molecule has 2 rings (SSSR count). The fourth-order valence-electron chi connectivity index (χ4n) is 2.04. The number of amides is 1. The van der Waals surface area contributed by atoms with E-state index in [1.165, 1.54) is 18.9 Å². The Balaban J connectivity index is 1.79. The molecule has 1 aromatic heterocycles. The topological polar surface area (TPSA) is 74.0 Å². The lowest BCUT2D eigenvalue weighted by molar-refractivity contribution is 0.0947. The van der Waals surface area contributed by atoms with Crippen molar-refractivity contribution in [2.75, 3.05) is 13.1 Å². The summed E-state index contributed by atoms with van der Waals surface area (Å²) in [5.41, 5.74) is 0.0620. The van der Waals surface area contributed by atoms with E-state index in [0.717, 1.165) is 13.0 Å². The van der Waals surface area contributed by atoms with Crippen LogP contribution in [0.3, 0.4) is 0 Å². The molecule has 1 aliphatic heterocycles.